The summed E-state index contributed by atoms with van der Waals surface area (Å²) in [5.41, 5.74) is 1.33. The van der Waals surface area contributed by atoms with E-state index in [1.807, 2.05) is 17.9 Å². The molecule has 0 bridgehead atoms. The number of rotatable bonds is 5. The van der Waals surface area contributed by atoms with E-state index in [1.165, 1.54) is 4.31 Å². The summed E-state index contributed by atoms with van der Waals surface area (Å²) in [6, 6.07) is 9.98. The highest BCUT2D eigenvalue weighted by atomic mass is 32.2. The third-order valence-corrected chi connectivity index (χ3v) is 8.64. The highest BCUT2D eigenvalue weighted by molar-refractivity contribution is 7.89. The van der Waals surface area contributed by atoms with E-state index in [4.69, 9.17) is 14.5 Å². The quantitative estimate of drug-likeness (QED) is 0.667. The summed E-state index contributed by atoms with van der Waals surface area (Å²) < 4.78 is 38.9. The molecule has 1 amide bonds. The zero-order valence-corrected chi connectivity index (χ0v) is 20.8. The Morgan fingerprint density at radius 2 is 1.89 bits per heavy atom. The van der Waals surface area contributed by atoms with Crippen molar-refractivity contribution in [2.45, 2.75) is 43.4 Å². The smallest absolute Gasteiger partial charge is 0.249 e. The number of amides is 1. The number of morpholine rings is 1. The number of pyridine rings is 1. The second kappa shape index (κ2) is 9.73. The van der Waals surface area contributed by atoms with Crippen molar-refractivity contribution in [3.8, 4) is 0 Å². The summed E-state index contributed by atoms with van der Waals surface area (Å²) in [4.78, 5) is 21.6. The third-order valence-electron chi connectivity index (χ3n) is 6.75. The summed E-state index contributed by atoms with van der Waals surface area (Å²) in [5.74, 6) is 1.23. The average molecular weight is 502 g/mol. The molecule has 1 N–H and O–H groups in total. The number of likely N-dealkylation sites (N-methyl/N-ethyl adjacent to an activating group) is 1. The number of anilines is 4. The molecule has 5 rings (SSSR count). The fraction of sp³-hybridized carbons (Fsp3) is 0.500. The third kappa shape index (κ3) is 4.61. The molecule has 11 heteroatoms. The predicted octanol–water partition coefficient (Wildman–Crippen LogP) is 2.54. The molecule has 2 atom stereocenters. The standard InChI is InChI=1S/C24H31N5O5S/c1-17-24(30)27(2)20-9-10-21(26-23(20)29(17)22-8-3-4-13-34-22)25-18-6-5-7-19(16-18)35(31,32)28-11-14-33-15-12-28/h5-7,9-10,16-17,22H,3-4,8,11-15H2,1-2H3,(H,25,26)/t17-,22?/m1/s1. The first-order chi connectivity index (χ1) is 16.9. The van der Waals surface area contributed by atoms with E-state index in [-0.39, 0.29) is 17.0 Å². The minimum atomic E-state index is -3.61. The van der Waals surface area contributed by atoms with Crippen LogP contribution in [0.4, 0.5) is 23.0 Å². The Balaban J connectivity index is 1.44. The van der Waals surface area contributed by atoms with E-state index in [0.29, 0.717) is 50.2 Å². The van der Waals surface area contributed by atoms with Crippen molar-refractivity contribution in [2.24, 2.45) is 0 Å². The number of aromatic nitrogens is 1. The van der Waals surface area contributed by atoms with Gasteiger partial charge in [0.15, 0.2) is 5.82 Å². The molecule has 3 aliphatic rings. The number of nitrogens with zero attached hydrogens (tertiary/aromatic N) is 4. The van der Waals surface area contributed by atoms with Crippen LogP contribution in [0.15, 0.2) is 41.3 Å². The van der Waals surface area contributed by atoms with Crippen LogP contribution in [0.2, 0.25) is 0 Å². The van der Waals surface area contributed by atoms with Gasteiger partial charge in [-0.2, -0.15) is 4.31 Å². The van der Waals surface area contributed by atoms with Gasteiger partial charge in [-0.3, -0.25) is 4.79 Å². The molecule has 4 heterocycles. The normalized spacial score (nSPS) is 23.8. The lowest BCUT2D eigenvalue weighted by atomic mass is 10.1. The molecule has 35 heavy (non-hydrogen) atoms. The van der Waals surface area contributed by atoms with Crippen LogP contribution in [0.5, 0.6) is 0 Å². The Labute approximate surface area is 205 Å². The van der Waals surface area contributed by atoms with Gasteiger partial charge in [0, 0.05) is 32.4 Å². The molecule has 3 aliphatic heterocycles. The number of sulfonamides is 1. The van der Waals surface area contributed by atoms with Crippen molar-refractivity contribution in [2.75, 3.05) is 55.1 Å². The van der Waals surface area contributed by atoms with Crippen LogP contribution in [-0.2, 0) is 24.3 Å². The fourth-order valence-electron chi connectivity index (χ4n) is 4.81. The monoisotopic (exact) mass is 501 g/mol. The van der Waals surface area contributed by atoms with E-state index in [0.717, 1.165) is 24.9 Å². The summed E-state index contributed by atoms with van der Waals surface area (Å²) >= 11 is 0. The van der Waals surface area contributed by atoms with Crippen LogP contribution >= 0.6 is 0 Å². The van der Waals surface area contributed by atoms with Crippen LogP contribution < -0.4 is 15.1 Å². The van der Waals surface area contributed by atoms with Gasteiger partial charge in [-0.15, -0.1) is 0 Å². The number of carbonyl (C=O) groups is 1. The number of fused-ring (bicyclic) bond motifs is 1. The molecule has 2 aromatic rings. The van der Waals surface area contributed by atoms with Crippen LogP contribution in [0.3, 0.4) is 0 Å². The molecule has 0 aliphatic carbocycles. The van der Waals surface area contributed by atoms with Gasteiger partial charge in [0.2, 0.25) is 15.9 Å². The molecule has 1 aromatic heterocycles. The van der Waals surface area contributed by atoms with E-state index in [9.17, 15) is 13.2 Å². The van der Waals surface area contributed by atoms with Crippen molar-refractivity contribution < 1.29 is 22.7 Å². The molecule has 1 unspecified atom stereocenters. The minimum Gasteiger partial charge on any atom is -0.379 e. The molecule has 0 spiro atoms. The summed E-state index contributed by atoms with van der Waals surface area (Å²) in [6.07, 6.45) is 2.68. The lowest BCUT2D eigenvalue weighted by molar-refractivity contribution is -0.120. The van der Waals surface area contributed by atoms with Gasteiger partial charge < -0.3 is 24.6 Å². The highest BCUT2D eigenvalue weighted by Gasteiger charge is 2.39. The summed E-state index contributed by atoms with van der Waals surface area (Å²) in [6.45, 7) is 4.02. The first-order valence-corrected chi connectivity index (χ1v) is 13.4. The first kappa shape index (κ1) is 24.0. The topological polar surface area (TPSA) is 104 Å². The molecular formula is C24H31N5O5S. The van der Waals surface area contributed by atoms with Crippen molar-refractivity contribution in [1.82, 2.24) is 9.29 Å². The Kier molecular flexibility index (Phi) is 6.67. The minimum absolute atomic E-state index is 0.00444. The number of nitrogens with one attached hydrogen (secondary N) is 1. The van der Waals surface area contributed by atoms with Crippen molar-refractivity contribution in [3.05, 3.63) is 36.4 Å². The SMILES string of the molecule is C[C@@H]1C(=O)N(C)c2ccc(Nc3cccc(S(=O)(=O)N4CCOCC4)c3)nc2N1C1CCCCO1. The lowest BCUT2D eigenvalue weighted by Gasteiger charge is -2.44. The summed E-state index contributed by atoms with van der Waals surface area (Å²) in [7, 11) is -1.86. The first-order valence-electron chi connectivity index (χ1n) is 12.0. The number of carbonyl (C=O) groups excluding carboxylic acids is 1. The zero-order valence-electron chi connectivity index (χ0n) is 20.0. The van der Waals surface area contributed by atoms with Gasteiger partial charge in [-0.1, -0.05) is 6.07 Å². The molecular weight excluding hydrogens is 470 g/mol. The highest BCUT2D eigenvalue weighted by Crippen LogP contribution is 2.38. The maximum Gasteiger partial charge on any atom is 0.249 e. The lowest BCUT2D eigenvalue weighted by Crippen LogP contribution is -2.56. The van der Waals surface area contributed by atoms with Crippen molar-refractivity contribution in [1.29, 1.82) is 0 Å². The molecule has 2 fully saturated rings. The maximum atomic E-state index is 13.1. The average Bonchev–Trinajstić information content (AvgIpc) is 2.89. The predicted molar refractivity (Wildman–Crippen MR) is 132 cm³/mol. The largest absolute Gasteiger partial charge is 0.379 e. The Bertz CT molecular complexity index is 1190. The van der Waals surface area contributed by atoms with E-state index < -0.39 is 16.1 Å². The van der Waals surface area contributed by atoms with Gasteiger partial charge in [-0.05, 0) is 56.5 Å². The second-order valence-electron chi connectivity index (χ2n) is 9.01. The van der Waals surface area contributed by atoms with Gasteiger partial charge in [0.05, 0.1) is 23.8 Å². The summed E-state index contributed by atoms with van der Waals surface area (Å²) in [5, 5.41) is 3.24. The number of ether oxygens (including phenoxy) is 2. The Morgan fingerprint density at radius 3 is 2.63 bits per heavy atom. The maximum absolute atomic E-state index is 13.1. The Morgan fingerprint density at radius 1 is 1.09 bits per heavy atom. The van der Waals surface area contributed by atoms with E-state index >= 15 is 0 Å². The van der Waals surface area contributed by atoms with E-state index in [1.54, 1.807) is 42.3 Å². The zero-order chi connectivity index (χ0) is 24.6. The van der Waals surface area contributed by atoms with Gasteiger partial charge in [-0.25, -0.2) is 13.4 Å². The number of hydrogen-bond acceptors (Lipinski definition) is 8. The fourth-order valence-corrected chi connectivity index (χ4v) is 6.27. The van der Waals surface area contributed by atoms with Crippen LogP contribution in [0, 0.1) is 0 Å². The molecule has 10 nitrogen and oxygen atoms in total. The van der Waals surface area contributed by atoms with Crippen molar-refractivity contribution >= 4 is 38.9 Å². The number of hydrogen-bond donors (Lipinski definition) is 1. The number of benzene rings is 1. The molecule has 0 saturated carbocycles. The van der Waals surface area contributed by atoms with Gasteiger partial charge in [0.1, 0.15) is 18.1 Å². The molecule has 0 radical (unpaired) electrons. The van der Waals surface area contributed by atoms with Gasteiger partial charge in [0.25, 0.3) is 0 Å². The van der Waals surface area contributed by atoms with E-state index in [2.05, 4.69) is 5.32 Å². The Hall–Kier alpha value is -2.73. The van der Waals surface area contributed by atoms with Crippen LogP contribution in [-0.4, -0.2) is 75.8 Å². The van der Waals surface area contributed by atoms with Crippen molar-refractivity contribution in [3.63, 3.8) is 0 Å². The second-order valence-corrected chi connectivity index (χ2v) is 10.9. The van der Waals surface area contributed by atoms with Gasteiger partial charge >= 0.3 is 0 Å². The molecule has 2 saturated heterocycles. The molecule has 188 valence electrons. The van der Waals surface area contributed by atoms with Crippen LogP contribution in [0.25, 0.3) is 0 Å². The van der Waals surface area contributed by atoms with Crippen LogP contribution in [0.1, 0.15) is 26.2 Å². The molecule has 1 aromatic carbocycles.